The Hall–Kier alpha value is -3.71. The van der Waals surface area contributed by atoms with Gasteiger partial charge in [0.2, 0.25) is 5.91 Å². The lowest BCUT2D eigenvalue weighted by atomic mass is 10.00. The largest absolute Gasteiger partial charge is 0.508 e. The van der Waals surface area contributed by atoms with Gasteiger partial charge in [0.25, 0.3) is 5.91 Å². The molecule has 0 radical (unpaired) electrons. The lowest BCUT2D eigenvalue weighted by molar-refractivity contribution is -0.126. The van der Waals surface area contributed by atoms with Crippen molar-refractivity contribution in [2.24, 2.45) is 0 Å². The highest BCUT2D eigenvalue weighted by molar-refractivity contribution is 7.09. The lowest BCUT2D eigenvalue weighted by Gasteiger charge is -2.32. The van der Waals surface area contributed by atoms with E-state index in [0.29, 0.717) is 12.1 Å². The summed E-state index contributed by atoms with van der Waals surface area (Å²) < 4.78 is 0. The van der Waals surface area contributed by atoms with Crippen molar-refractivity contribution in [3.8, 4) is 5.75 Å². The topological polar surface area (TPSA) is 82.5 Å². The second kappa shape index (κ2) is 10.3. The number of hydrogen-bond donors (Lipinski definition) is 2. The standard InChI is InChI=1S/C28H27N3O3S/c32-23-12-9-19(10-13-23)28(34)31(18-24-8-4-16-35-24)26(27(33)30-22-6-1-2-7-22)21-11-14-25-20(17-21)5-3-15-29-25/h3-5,8-17,22,26,32H,1-2,6-7,18H2,(H,30,33)/t26-/m1/s1. The van der Waals surface area contributed by atoms with Crippen molar-refractivity contribution in [3.63, 3.8) is 0 Å². The number of aromatic hydroxyl groups is 1. The zero-order valence-corrected chi connectivity index (χ0v) is 20.1. The Morgan fingerprint density at radius 3 is 2.60 bits per heavy atom. The van der Waals surface area contributed by atoms with Gasteiger partial charge in [-0.2, -0.15) is 0 Å². The number of aromatic nitrogens is 1. The van der Waals surface area contributed by atoms with Gasteiger partial charge in [-0.05, 0) is 72.3 Å². The maximum absolute atomic E-state index is 13.9. The van der Waals surface area contributed by atoms with Crippen molar-refractivity contribution >= 4 is 34.1 Å². The molecule has 1 aliphatic carbocycles. The van der Waals surface area contributed by atoms with Crippen LogP contribution in [0.5, 0.6) is 5.75 Å². The van der Waals surface area contributed by atoms with Crippen molar-refractivity contribution in [1.29, 1.82) is 0 Å². The van der Waals surface area contributed by atoms with E-state index in [-0.39, 0.29) is 23.6 Å². The van der Waals surface area contributed by atoms with Crippen LogP contribution in [-0.4, -0.2) is 32.8 Å². The monoisotopic (exact) mass is 485 g/mol. The summed E-state index contributed by atoms with van der Waals surface area (Å²) in [4.78, 5) is 34.7. The summed E-state index contributed by atoms with van der Waals surface area (Å²) in [5, 5.41) is 15.8. The van der Waals surface area contributed by atoms with E-state index in [2.05, 4.69) is 10.3 Å². The van der Waals surface area contributed by atoms with Crippen LogP contribution in [0.2, 0.25) is 0 Å². The van der Waals surface area contributed by atoms with Gasteiger partial charge in [0.1, 0.15) is 11.8 Å². The molecule has 0 saturated heterocycles. The fourth-order valence-corrected chi connectivity index (χ4v) is 5.41. The minimum absolute atomic E-state index is 0.0870. The average molecular weight is 486 g/mol. The predicted octanol–water partition coefficient (Wildman–Crippen LogP) is 5.44. The van der Waals surface area contributed by atoms with Crippen LogP contribution in [0.1, 0.15) is 52.5 Å². The molecule has 5 rings (SSSR count). The van der Waals surface area contributed by atoms with Crippen LogP contribution >= 0.6 is 11.3 Å². The Bertz CT molecular complexity index is 1320. The van der Waals surface area contributed by atoms with E-state index in [4.69, 9.17) is 0 Å². The predicted molar refractivity (Wildman–Crippen MR) is 137 cm³/mol. The summed E-state index contributed by atoms with van der Waals surface area (Å²) in [6.45, 7) is 0.297. The maximum atomic E-state index is 13.9. The molecular weight excluding hydrogens is 458 g/mol. The zero-order valence-electron chi connectivity index (χ0n) is 19.3. The zero-order chi connectivity index (χ0) is 24.2. The Morgan fingerprint density at radius 2 is 1.86 bits per heavy atom. The number of hydrogen-bond acceptors (Lipinski definition) is 5. The van der Waals surface area contributed by atoms with Crippen LogP contribution in [0.4, 0.5) is 0 Å². The van der Waals surface area contributed by atoms with Gasteiger partial charge in [-0.3, -0.25) is 14.6 Å². The molecule has 4 aromatic rings. The first-order valence-electron chi connectivity index (χ1n) is 11.9. The van der Waals surface area contributed by atoms with Crippen molar-refractivity contribution in [2.75, 3.05) is 0 Å². The third-order valence-corrected chi connectivity index (χ3v) is 7.35. The van der Waals surface area contributed by atoms with Gasteiger partial charge < -0.3 is 15.3 Å². The number of carbonyl (C=O) groups excluding carboxylic acids is 2. The molecule has 7 heteroatoms. The van der Waals surface area contributed by atoms with Gasteiger partial charge in [-0.15, -0.1) is 11.3 Å². The fourth-order valence-electron chi connectivity index (χ4n) is 4.71. The first kappa shape index (κ1) is 23.1. The van der Waals surface area contributed by atoms with E-state index in [0.717, 1.165) is 47.0 Å². The highest BCUT2D eigenvalue weighted by atomic mass is 32.1. The third-order valence-electron chi connectivity index (χ3n) is 6.49. The van der Waals surface area contributed by atoms with E-state index >= 15 is 0 Å². The molecule has 6 nitrogen and oxygen atoms in total. The van der Waals surface area contributed by atoms with E-state index in [1.165, 1.54) is 12.1 Å². The summed E-state index contributed by atoms with van der Waals surface area (Å²) in [5.74, 6) is -0.357. The van der Waals surface area contributed by atoms with Crippen LogP contribution in [0.25, 0.3) is 10.9 Å². The molecule has 2 amide bonds. The smallest absolute Gasteiger partial charge is 0.255 e. The molecule has 35 heavy (non-hydrogen) atoms. The molecule has 1 saturated carbocycles. The number of nitrogens with zero attached hydrogens (tertiary/aromatic N) is 2. The molecule has 1 aliphatic rings. The third kappa shape index (κ3) is 5.20. The van der Waals surface area contributed by atoms with Crippen molar-refractivity contribution in [3.05, 3.63) is 94.3 Å². The average Bonchev–Trinajstić information content (AvgIpc) is 3.58. The van der Waals surface area contributed by atoms with E-state index < -0.39 is 6.04 Å². The first-order chi connectivity index (χ1) is 17.1. The van der Waals surface area contributed by atoms with Gasteiger partial charge >= 0.3 is 0 Å². The minimum Gasteiger partial charge on any atom is -0.508 e. The Balaban J connectivity index is 1.58. The van der Waals surface area contributed by atoms with Crippen molar-refractivity contribution < 1.29 is 14.7 Å². The number of phenols is 1. The number of thiophene rings is 1. The Labute approximate surface area is 208 Å². The fraction of sp³-hybridized carbons (Fsp3) is 0.250. The number of fused-ring (bicyclic) bond motifs is 1. The van der Waals surface area contributed by atoms with Gasteiger partial charge in [0.05, 0.1) is 12.1 Å². The minimum atomic E-state index is -0.816. The molecule has 0 aliphatic heterocycles. The number of amides is 2. The SMILES string of the molecule is O=C(NC1CCCC1)[C@@H](c1ccc2ncccc2c1)N(Cc1cccs1)C(=O)c1ccc(O)cc1. The molecule has 0 bridgehead atoms. The molecule has 1 fully saturated rings. The number of pyridine rings is 1. The summed E-state index contributed by atoms with van der Waals surface area (Å²) in [7, 11) is 0. The molecule has 2 aromatic carbocycles. The molecule has 1 atom stereocenters. The molecular formula is C28H27N3O3S. The van der Waals surface area contributed by atoms with Crippen LogP contribution < -0.4 is 5.32 Å². The van der Waals surface area contributed by atoms with E-state index in [1.54, 1.807) is 34.6 Å². The van der Waals surface area contributed by atoms with Crippen LogP contribution in [0, 0.1) is 0 Å². The summed E-state index contributed by atoms with van der Waals surface area (Å²) in [6, 6.07) is 19.0. The van der Waals surface area contributed by atoms with Gasteiger partial charge in [-0.25, -0.2) is 0 Å². The molecule has 2 aromatic heterocycles. The molecule has 2 N–H and O–H groups in total. The van der Waals surface area contributed by atoms with Crippen molar-refractivity contribution in [2.45, 2.75) is 44.3 Å². The second-order valence-electron chi connectivity index (χ2n) is 8.91. The highest BCUT2D eigenvalue weighted by Crippen LogP contribution is 2.30. The van der Waals surface area contributed by atoms with E-state index in [1.807, 2.05) is 47.8 Å². The van der Waals surface area contributed by atoms with E-state index in [9.17, 15) is 14.7 Å². The van der Waals surface area contributed by atoms with Crippen LogP contribution in [0.15, 0.2) is 78.3 Å². The Morgan fingerprint density at radius 1 is 1.06 bits per heavy atom. The summed E-state index contributed by atoms with van der Waals surface area (Å²) >= 11 is 1.55. The first-order valence-corrected chi connectivity index (χ1v) is 12.7. The maximum Gasteiger partial charge on any atom is 0.255 e. The Kier molecular flexibility index (Phi) is 6.77. The summed E-state index contributed by atoms with van der Waals surface area (Å²) in [5.41, 5.74) is 1.99. The normalized spacial score (nSPS) is 14.6. The quantitative estimate of drug-likeness (QED) is 0.365. The molecule has 178 valence electrons. The second-order valence-corrected chi connectivity index (χ2v) is 9.94. The molecule has 0 unspecified atom stereocenters. The number of benzene rings is 2. The summed E-state index contributed by atoms with van der Waals surface area (Å²) in [6.07, 6.45) is 5.85. The number of carbonyl (C=O) groups is 2. The highest BCUT2D eigenvalue weighted by Gasteiger charge is 2.34. The van der Waals surface area contributed by atoms with Crippen LogP contribution in [0.3, 0.4) is 0 Å². The number of phenolic OH excluding ortho intramolecular Hbond substituents is 1. The number of nitrogens with one attached hydrogen (secondary N) is 1. The van der Waals surface area contributed by atoms with Crippen LogP contribution in [-0.2, 0) is 11.3 Å². The van der Waals surface area contributed by atoms with Gasteiger partial charge in [0.15, 0.2) is 0 Å². The molecule has 2 heterocycles. The van der Waals surface area contributed by atoms with Crippen molar-refractivity contribution in [1.82, 2.24) is 15.2 Å². The molecule has 0 spiro atoms. The van der Waals surface area contributed by atoms with Gasteiger partial charge in [0, 0.05) is 28.1 Å². The number of rotatable bonds is 7. The van der Waals surface area contributed by atoms with Gasteiger partial charge in [-0.1, -0.05) is 31.0 Å². The lowest BCUT2D eigenvalue weighted by Crippen LogP contribution is -2.45.